The van der Waals surface area contributed by atoms with E-state index in [2.05, 4.69) is 95.6 Å². The van der Waals surface area contributed by atoms with Gasteiger partial charge in [-0.15, -0.1) is 0 Å². The van der Waals surface area contributed by atoms with Crippen LogP contribution in [0.3, 0.4) is 0 Å². The van der Waals surface area contributed by atoms with E-state index in [0.29, 0.717) is 0 Å². The van der Waals surface area contributed by atoms with Crippen LogP contribution in [0.25, 0.3) is 22.3 Å². The summed E-state index contributed by atoms with van der Waals surface area (Å²) in [6.45, 7) is 20.5. The molecular formula is C30H41BO3P2. The molecule has 1 aliphatic rings. The molecular weight excluding hydrogens is 481 g/mol. The van der Waals surface area contributed by atoms with Crippen molar-refractivity contribution in [2.45, 2.75) is 52.7 Å². The average molecular weight is 522 g/mol. The van der Waals surface area contributed by atoms with Crippen LogP contribution in [0.2, 0.25) is 0 Å². The number of benzene rings is 3. The Morgan fingerprint density at radius 2 is 1.22 bits per heavy atom. The Labute approximate surface area is 220 Å². The lowest BCUT2D eigenvalue weighted by Gasteiger charge is -2.32. The summed E-state index contributed by atoms with van der Waals surface area (Å²) in [6, 6.07) is 23.4. The van der Waals surface area contributed by atoms with E-state index >= 15 is 0 Å². The zero-order valence-corrected chi connectivity index (χ0v) is 25.3. The molecule has 0 aliphatic carbocycles. The van der Waals surface area contributed by atoms with Crippen LogP contribution in [0.1, 0.15) is 41.5 Å². The first-order valence-corrected chi connectivity index (χ1v) is 17.5. The highest BCUT2D eigenvalue weighted by Gasteiger charge is 2.51. The second-order valence-electron chi connectivity index (χ2n) is 10.8. The van der Waals surface area contributed by atoms with Gasteiger partial charge in [-0.05, 0) is 106 Å². The van der Waals surface area contributed by atoms with Crippen LogP contribution in [0.15, 0.2) is 66.7 Å². The van der Waals surface area contributed by atoms with Crippen LogP contribution in [0.5, 0.6) is 0 Å². The van der Waals surface area contributed by atoms with E-state index in [-0.39, 0.29) is 7.92 Å². The Morgan fingerprint density at radius 1 is 0.722 bits per heavy atom. The molecule has 0 saturated carbocycles. The van der Waals surface area contributed by atoms with Crippen LogP contribution in [-0.2, 0) is 13.9 Å². The van der Waals surface area contributed by atoms with E-state index in [1.54, 1.807) is 0 Å². The van der Waals surface area contributed by atoms with E-state index in [1.807, 2.05) is 39.3 Å². The van der Waals surface area contributed by atoms with Gasteiger partial charge in [-0.25, -0.2) is 0 Å². The Hall–Kier alpha value is -1.70. The van der Waals surface area contributed by atoms with E-state index in [9.17, 15) is 4.57 Å². The molecule has 1 saturated heterocycles. The molecule has 192 valence electrons. The maximum Gasteiger partial charge on any atom is 0.494 e. The fraction of sp³-hybridized carbons (Fsp3) is 0.400. The molecule has 0 bridgehead atoms. The number of hydrogen-bond donors (Lipinski definition) is 0. The quantitative estimate of drug-likeness (QED) is 0.269. The zero-order valence-electron chi connectivity index (χ0n) is 23.5. The Kier molecular flexibility index (Phi) is 8.79. The van der Waals surface area contributed by atoms with E-state index < -0.39 is 25.5 Å². The Morgan fingerprint density at radius 3 is 1.72 bits per heavy atom. The minimum absolute atomic E-state index is 0.193. The fourth-order valence-corrected chi connectivity index (χ4v) is 5.76. The van der Waals surface area contributed by atoms with Gasteiger partial charge in [0.1, 0.15) is 7.14 Å². The second-order valence-corrected chi connectivity index (χ2v) is 16.3. The summed E-state index contributed by atoms with van der Waals surface area (Å²) in [5.74, 6) is 0. The maximum absolute atomic E-state index is 12.8. The van der Waals surface area contributed by atoms with Crippen molar-refractivity contribution in [3.8, 4) is 22.3 Å². The minimum atomic E-state index is -2.37. The molecule has 0 atom stereocenters. The molecule has 0 amide bonds. The van der Waals surface area contributed by atoms with Gasteiger partial charge in [0.2, 0.25) is 0 Å². The van der Waals surface area contributed by atoms with Gasteiger partial charge in [0.25, 0.3) is 0 Å². The predicted octanol–water partition coefficient (Wildman–Crippen LogP) is 6.96. The highest BCUT2D eigenvalue weighted by Crippen LogP contribution is 2.38. The van der Waals surface area contributed by atoms with Crippen LogP contribution in [-0.4, -0.2) is 45.0 Å². The third-order valence-corrected chi connectivity index (χ3v) is 9.81. The molecule has 3 nitrogen and oxygen atoms in total. The molecule has 4 rings (SSSR count). The molecule has 3 aromatic rings. The summed E-state index contributed by atoms with van der Waals surface area (Å²) in [5, 5.41) is 2.26. The largest absolute Gasteiger partial charge is 0.494 e. The third-order valence-electron chi connectivity index (χ3n) is 6.98. The molecule has 1 aliphatic heterocycles. The topological polar surface area (TPSA) is 35.5 Å². The normalized spacial score (nSPS) is 16.6. The summed E-state index contributed by atoms with van der Waals surface area (Å²) in [4.78, 5) is 0. The molecule has 0 unspecified atom stereocenters. The van der Waals surface area contributed by atoms with Gasteiger partial charge in [-0.3, -0.25) is 0 Å². The third kappa shape index (κ3) is 6.23. The van der Waals surface area contributed by atoms with Gasteiger partial charge >= 0.3 is 7.12 Å². The first kappa shape index (κ1) is 28.9. The van der Waals surface area contributed by atoms with Gasteiger partial charge < -0.3 is 13.9 Å². The molecule has 36 heavy (non-hydrogen) atoms. The highest BCUT2D eigenvalue weighted by molar-refractivity contribution is 7.70. The van der Waals surface area contributed by atoms with Gasteiger partial charge in [-0.2, -0.15) is 0 Å². The lowest BCUT2D eigenvalue weighted by Crippen LogP contribution is -2.41. The van der Waals surface area contributed by atoms with Crippen LogP contribution in [0.4, 0.5) is 0 Å². The first-order chi connectivity index (χ1) is 16.8. The first-order valence-electron chi connectivity index (χ1n) is 12.7. The van der Waals surface area contributed by atoms with Gasteiger partial charge in [0.05, 0.1) is 11.2 Å². The molecule has 1 fully saturated rings. The number of hydrogen-bond acceptors (Lipinski definition) is 3. The van der Waals surface area contributed by atoms with Gasteiger partial charge in [0.15, 0.2) is 0 Å². The zero-order chi connectivity index (χ0) is 26.9. The van der Waals surface area contributed by atoms with Crippen LogP contribution in [0, 0.1) is 0 Å². The lowest BCUT2D eigenvalue weighted by molar-refractivity contribution is 0.00578. The smallest absolute Gasteiger partial charge is 0.399 e. The monoisotopic (exact) mass is 522 g/mol. The summed E-state index contributed by atoms with van der Waals surface area (Å²) in [7, 11) is -3.01. The molecule has 0 aromatic heterocycles. The molecule has 3 aromatic carbocycles. The summed E-state index contributed by atoms with van der Waals surface area (Å²) in [5.41, 5.74) is 4.59. The minimum Gasteiger partial charge on any atom is -0.399 e. The second kappa shape index (κ2) is 11.0. The molecule has 1 heterocycles. The SMILES string of the molecule is CC.CP(C)c1cccc(-c2cc(B3OC(C)(C)C(C)(C)O3)cc(-c3cccc(P(C)(C)=O)c3)c2)c1. The van der Waals surface area contributed by atoms with E-state index in [1.165, 1.54) is 10.9 Å². The van der Waals surface area contributed by atoms with Crippen LogP contribution < -0.4 is 16.1 Å². The average Bonchev–Trinajstić information content (AvgIpc) is 3.06. The molecule has 0 spiro atoms. The van der Waals surface area contributed by atoms with Crippen molar-refractivity contribution in [2.24, 2.45) is 0 Å². The van der Waals surface area contributed by atoms with Crippen molar-refractivity contribution in [1.82, 2.24) is 0 Å². The predicted molar refractivity (Wildman–Crippen MR) is 162 cm³/mol. The molecule has 0 N–H and O–H groups in total. The van der Waals surface area contributed by atoms with Crippen molar-refractivity contribution in [2.75, 3.05) is 26.7 Å². The molecule has 6 heteroatoms. The lowest BCUT2D eigenvalue weighted by atomic mass is 9.76. The van der Waals surface area contributed by atoms with Crippen LogP contribution >= 0.6 is 15.1 Å². The summed E-state index contributed by atoms with van der Waals surface area (Å²) >= 11 is 0. The maximum atomic E-state index is 12.8. The van der Waals surface area contributed by atoms with Crippen molar-refractivity contribution in [3.05, 3.63) is 66.7 Å². The Balaban J connectivity index is 0.00000176. The highest BCUT2D eigenvalue weighted by atomic mass is 31.2. The summed E-state index contributed by atoms with van der Waals surface area (Å²) < 4.78 is 25.6. The standard InChI is InChI=1S/C28H35BO3P2.C2H6/c1-27(2)28(3,4)32-29(31-27)24-16-22(20-11-9-13-25(18-20)33(5)6)15-23(17-24)21-12-10-14-26(19-21)34(7,8)30;1-2/h9-19H,1-8H3;1-2H3. The van der Waals surface area contributed by atoms with Crippen molar-refractivity contribution in [3.63, 3.8) is 0 Å². The van der Waals surface area contributed by atoms with Crippen molar-refractivity contribution < 1.29 is 13.9 Å². The Bertz CT molecular complexity index is 1240. The van der Waals surface area contributed by atoms with Crippen molar-refractivity contribution >= 4 is 38.3 Å². The number of rotatable bonds is 5. The van der Waals surface area contributed by atoms with Crippen molar-refractivity contribution in [1.29, 1.82) is 0 Å². The van der Waals surface area contributed by atoms with E-state index in [0.717, 1.165) is 27.5 Å². The van der Waals surface area contributed by atoms with E-state index in [4.69, 9.17) is 9.31 Å². The fourth-order valence-electron chi connectivity index (χ4n) is 4.08. The summed E-state index contributed by atoms with van der Waals surface area (Å²) in [6.07, 6.45) is 0. The molecule has 0 radical (unpaired) electrons. The van der Waals surface area contributed by atoms with Gasteiger partial charge in [-0.1, -0.05) is 70.3 Å². The van der Waals surface area contributed by atoms with Gasteiger partial charge in [0, 0.05) is 5.30 Å².